The first kappa shape index (κ1) is 18.0. The van der Waals surface area contributed by atoms with Crippen molar-refractivity contribution in [3.8, 4) is 0 Å². The summed E-state index contributed by atoms with van der Waals surface area (Å²) in [5.41, 5.74) is 2.88. The highest BCUT2D eigenvalue weighted by Gasteiger charge is 2.30. The van der Waals surface area contributed by atoms with Crippen molar-refractivity contribution in [1.29, 1.82) is 0 Å². The monoisotopic (exact) mass is 346 g/mol. The zero-order chi connectivity index (χ0) is 17.9. The highest BCUT2D eigenvalue weighted by molar-refractivity contribution is 7.92. The van der Waals surface area contributed by atoms with Crippen LogP contribution in [0.3, 0.4) is 0 Å². The molecule has 0 radical (unpaired) electrons. The topological polar surface area (TPSA) is 66.5 Å². The van der Waals surface area contributed by atoms with Gasteiger partial charge in [-0.2, -0.15) is 0 Å². The first-order chi connectivity index (χ1) is 11.2. The fraction of sp³-hybridized carbons (Fsp3) is 0.278. The number of carbonyl (C=O) groups is 1. The summed E-state index contributed by atoms with van der Waals surface area (Å²) in [4.78, 5) is 12.6. The number of carbonyl (C=O) groups excluding carboxylic acids is 1. The Morgan fingerprint density at radius 3 is 2.29 bits per heavy atom. The molecule has 0 aliphatic carbocycles. The minimum absolute atomic E-state index is 0.382. The molecule has 1 atom stereocenters. The SMILES string of the molecule is Cc1ccc(C)c(N(C(C)C(=O)Nc2ccccc2)S(C)(=O)=O)c1. The average Bonchev–Trinajstić information content (AvgIpc) is 2.50. The maximum atomic E-state index is 12.6. The molecule has 128 valence electrons. The molecule has 0 saturated heterocycles. The molecule has 6 heteroatoms. The molecule has 0 aliphatic heterocycles. The van der Waals surface area contributed by atoms with E-state index in [4.69, 9.17) is 0 Å². The lowest BCUT2D eigenvalue weighted by Gasteiger charge is -2.29. The van der Waals surface area contributed by atoms with Crippen LogP contribution in [-0.4, -0.2) is 26.6 Å². The van der Waals surface area contributed by atoms with Crippen LogP contribution in [-0.2, 0) is 14.8 Å². The predicted octanol–water partition coefficient (Wildman–Crippen LogP) is 3.10. The van der Waals surface area contributed by atoms with Crippen LogP contribution >= 0.6 is 0 Å². The van der Waals surface area contributed by atoms with E-state index in [1.54, 1.807) is 37.3 Å². The van der Waals surface area contributed by atoms with Gasteiger partial charge in [0.15, 0.2) is 0 Å². The van der Waals surface area contributed by atoms with Crippen molar-refractivity contribution in [2.45, 2.75) is 26.8 Å². The van der Waals surface area contributed by atoms with Crippen molar-refractivity contribution >= 4 is 27.3 Å². The van der Waals surface area contributed by atoms with E-state index in [0.29, 0.717) is 11.4 Å². The molecule has 0 bridgehead atoms. The number of nitrogens with one attached hydrogen (secondary N) is 1. The number of hydrogen-bond donors (Lipinski definition) is 1. The lowest BCUT2D eigenvalue weighted by molar-refractivity contribution is -0.116. The zero-order valence-electron chi connectivity index (χ0n) is 14.3. The first-order valence-electron chi connectivity index (χ1n) is 7.62. The maximum Gasteiger partial charge on any atom is 0.247 e. The zero-order valence-corrected chi connectivity index (χ0v) is 15.1. The molecular weight excluding hydrogens is 324 g/mol. The molecule has 0 saturated carbocycles. The lowest BCUT2D eigenvalue weighted by Crippen LogP contribution is -2.45. The van der Waals surface area contributed by atoms with Crippen LogP contribution in [0.4, 0.5) is 11.4 Å². The van der Waals surface area contributed by atoms with Crippen molar-refractivity contribution in [1.82, 2.24) is 0 Å². The lowest BCUT2D eigenvalue weighted by atomic mass is 10.1. The Kier molecular flexibility index (Phi) is 5.29. The Labute approximate surface area is 143 Å². The number of sulfonamides is 1. The summed E-state index contributed by atoms with van der Waals surface area (Å²) >= 11 is 0. The van der Waals surface area contributed by atoms with E-state index in [1.807, 2.05) is 32.0 Å². The van der Waals surface area contributed by atoms with Gasteiger partial charge in [0.2, 0.25) is 15.9 Å². The number of aryl methyl sites for hydroxylation is 2. The highest BCUT2D eigenvalue weighted by Crippen LogP contribution is 2.26. The summed E-state index contributed by atoms with van der Waals surface area (Å²) in [5.74, 6) is -0.382. The van der Waals surface area contributed by atoms with Gasteiger partial charge in [-0.25, -0.2) is 8.42 Å². The van der Waals surface area contributed by atoms with Gasteiger partial charge >= 0.3 is 0 Å². The smallest absolute Gasteiger partial charge is 0.247 e. The molecule has 0 aromatic heterocycles. The van der Waals surface area contributed by atoms with Crippen molar-refractivity contribution in [2.24, 2.45) is 0 Å². The summed E-state index contributed by atoms with van der Waals surface area (Å²) in [5, 5.41) is 2.75. The van der Waals surface area contributed by atoms with Crippen LogP contribution in [0.1, 0.15) is 18.1 Å². The van der Waals surface area contributed by atoms with E-state index in [-0.39, 0.29) is 5.91 Å². The fourth-order valence-electron chi connectivity index (χ4n) is 2.51. The van der Waals surface area contributed by atoms with Gasteiger partial charge in [-0.1, -0.05) is 30.3 Å². The molecule has 0 spiro atoms. The Hall–Kier alpha value is -2.34. The third kappa shape index (κ3) is 4.14. The van der Waals surface area contributed by atoms with Crippen LogP contribution in [0.25, 0.3) is 0 Å². The standard InChI is InChI=1S/C18H22N2O3S/c1-13-10-11-14(2)17(12-13)20(24(4,22)23)15(3)18(21)19-16-8-6-5-7-9-16/h5-12,15H,1-4H3,(H,19,21). The van der Waals surface area contributed by atoms with E-state index < -0.39 is 16.1 Å². The largest absolute Gasteiger partial charge is 0.324 e. The molecule has 1 unspecified atom stereocenters. The minimum Gasteiger partial charge on any atom is -0.324 e. The highest BCUT2D eigenvalue weighted by atomic mass is 32.2. The Morgan fingerprint density at radius 2 is 1.71 bits per heavy atom. The molecule has 24 heavy (non-hydrogen) atoms. The van der Waals surface area contributed by atoms with Crippen LogP contribution in [0.15, 0.2) is 48.5 Å². The number of rotatable bonds is 5. The molecule has 5 nitrogen and oxygen atoms in total. The Morgan fingerprint density at radius 1 is 1.08 bits per heavy atom. The van der Waals surface area contributed by atoms with E-state index in [1.165, 1.54) is 4.31 Å². The summed E-state index contributed by atoms with van der Waals surface area (Å²) in [6.07, 6.45) is 1.11. The average molecular weight is 346 g/mol. The Bertz CT molecular complexity index is 833. The second kappa shape index (κ2) is 7.05. The van der Waals surface area contributed by atoms with E-state index in [0.717, 1.165) is 17.4 Å². The number of amides is 1. The molecule has 2 rings (SSSR count). The second-order valence-electron chi connectivity index (χ2n) is 5.88. The molecule has 2 aromatic carbocycles. The van der Waals surface area contributed by atoms with Gasteiger partial charge in [-0.3, -0.25) is 9.10 Å². The molecule has 0 heterocycles. The molecule has 0 fully saturated rings. The normalized spacial score (nSPS) is 12.5. The predicted molar refractivity (Wildman–Crippen MR) is 97.8 cm³/mol. The molecule has 0 aliphatic rings. The van der Waals surface area contributed by atoms with Gasteiger partial charge in [-0.15, -0.1) is 0 Å². The van der Waals surface area contributed by atoms with Gasteiger partial charge in [-0.05, 0) is 50.1 Å². The quantitative estimate of drug-likeness (QED) is 0.905. The molecular formula is C18H22N2O3S. The van der Waals surface area contributed by atoms with Crippen molar-refractivity contribution in [3.05, 3.63) is 59.7 Å². The van der Waals surface area contributed by atoms with Gasteiger partial charge < -0.3 is 5.32 Å². The van der Waals surface area contributed by atoms with E-state index in [2.05, 4.69) is 5.32 Å². The summed E-state index contributed by atoms with van der Waals surface area (Å²) < 4.78 is 25.9. The van der Waals surface area contributed by atoms with Gasteiger partial charge in [0.25, 0.3) is 0 Å². The van der Waals surface area contributed by atoms with Crippen LogP contribution in [0, 0.1) is 13.8 Å². The minimum atomic E-state index is -3.62. The first-order valence-corrected chi connectivity index (χ1v) is 9.47. The van der Waals surface area contributed by atoms with Crippen molar-refractivity contribution < 1.29 is 13.2 Å². The van der Waals surface area contributed by atoms with E-state index >= 15 is 0 Å². The van der Waals surface area contributed by atoms with E-state index in [9.17, 15) is 13.2 Å². The summed E-state index contributed by atoms with van der Waals surface area (Å²) in [6, 6.07) is 13.6. The fourth-order valence-corrected chi connectivity index (χ4v) is 3.73. The summed E-state index contributed by atoms with van der Waals surface area (Å²) in [6.45, 7) is 5.30. The van der Waals surface area contributed by atoms with Crippen LogP contribution in [0.5, 0.6) is 0 Å². The number of benzene rings is 2. The van der Waals surface area contributed by atoms with Gasteiger partial charge in [0.1, 0.15) is 6.04 Å². The van der Waals surface area contributed by atoms with Gasteiger partial charge in [0, 0.05) is 5.69 Å². The molecule has 1 N–H and O–H groups in total. The second-order valence-corrected chi connectivity index (χ2v) is 7.74. The van der Waals surface area contributed by atoms with Crippen molar-refractivity contribution in [2.75, 3.05) is 15.9 Å². The van der Waals surface area contributed by atoms with Crippen LogP contribution in [0.2, 0.25) is 0 Å². The molecule has 1 amide bonds. The third-order valence-corrected chi connectivity index (χ3v) is 4.96. The Balaban J connectivity index is 2.38. The number of para-hydroxylation sites is 1. The van der Waals surface area contributed by atoms with Gasteiger partial charge in [0.05, 0.1) is 11.9 Å². The third-order valence-electron chi connectivity index (χ3n) is 3.73. The molecule has 2 aromatic rings. The van der Waals surface area contributed by atoms with Crippen molar-refractivity contribution in [3.63, 3.8) is 0 Å². The summed E-state index contributed by atoms with van der Waals surface area (Å²) in [7, 11) is -3.62. The number of anilines is 2. The number of nitrogens with zero attached hydrogens (tertiary/aromatic N) is 1. The maximum absolute atomic E-state index is 12.6. The van der Waals surface area contributed by atoms with Crippen LogP contribution < -0.4 is 9.62 Å². The number of hydrogen-bond acceptors (Lipinski definition) is 3.